The van der Waals surface area contributed by atoms with E-state index in [-0.39, 0.29) is 35.4 Å². The number of halogens is 1. The van der Waals surface area contributed by atoms with Gasteiger partial charge in [0.15, 0.2) is 0 Å². The van der Waals surface area contributed by atoms with E-state index in [1.54, 1.807) is 35.7 Å². The van der Waals surface area contributed by atoms with Crippen LogP contribution in [0.25, 0.3) is 0 Å². The van der Waals surface area contributed by atoms with Crippen molar-refractivity contribution in [1.29, 1.82) is 0 Å². The quantitative estimate of drug-likeness (QED) is 0.777. The third-order valence-electron chi connectivity index (χ3n) is 3.47. The van der Waals surface area contributed by atoms with Crippen molar-refractivity contribution in [3.05, 3.63) is 53.2 Å². The number of carbonyl (C=O) groups excluding carboxylic acids is 1. The first kappa shape index (κ1) is 18.6. The predicted molar refractivity (Wildman–Crippen MR) is 91.6 cm³/mol. The maximum atomic E-state index is 13.4. The van der Waals surface area contributed by atoms with E-state index in [2.05, 4.69) is 5.32 Å². The van der Waals surface area contributed by atoms with Gasteiger partial charge in [-0.2, -0.15) is 0 Å². The summed E-state index contributed by atoms with van der Waals surface area (Å²) in [5.74, 6) is -0.597. The molecule has 8 heteroatoms. The number of rotatable bonds is 8. The molecule has 0 radical (unpaired) electrons. The topological polar surface area (TPSA) is 66.5 Å². The highest BCUT2D eigenvalue weighted by atomic mass is 32.2. The fourth-order valence-electron chi connectivity index (χ4n) is 2.07. The lowest BCUT2D eigenvalue weighted by Crippen LogP contribution is -2.29. The smallest absolute Gasteiger partial charge is 0.252 e. The monoisotopic (exact) mass is 370 g/mol. The second-order valence-electron chi connectivity index (χ2n) is 5.23. The summed E-state index contributed by atoms with van der Waals surface area (Å²) in [5.41, 5.74) is 0.420. The van der Waals surface area contributed by atoms with Crippen LogP contribution >= 0.6 is 11.3 Å². The van der Waals surface area contributed by atoms with Gasteiger partial charge >= 0.3 is 0 Å². The van der Waals surface area contributed by atoms with Crippen molar-refractivity contribution < 1.29 is 17.6 Å². The number of hydrogen-bond donors (Lipinski definition) is 1. The molecule has 0 saturated carbocycles. The van der Waals surface area contributed by atoms with Gasteiger partial charge in [-0.1, -0.05) is 24.3 Å². The average molecular weight is 370 g/mol. The molecule has 0 saturated heterocycles. The Bertz CT molecular complexity index is 776. The number of carbonyl (C=O) groups is 1. The zero-order chi connectivity index (χ0) is 17.6. The Hall–Kier alpha value is -1.77. The van der Waals surface area contributed by atoms with E-state index in [0.29, 0.717) is 12.0 Å². The Labute approximate surface area is 145 Å². The van der Waals surface area contributed by atoms with Crippen molar-refractivity contribution in [3.8, 4) is 0 Å². The van der Waals surface area contributed by atoms with Crippen molar-refractivity contribution in [2.45, 2.75) is 23.6 Å². The SMILES string of the molecule is CN(CCCC(=O)NCc1ccccc1F)S(=O)(=O)c1cccs1. The number of thiophene rings is 1. The van der Waals surface area contributed by atoms with Crippen molar-refractivity contribution in [1.82, 2.24) is 9.62 Å². The fraction of sp³-hybridized carbons (Fsp3) is 0.312. The molecule has 0 unspecified atom stereocenters. The molecule has 2 rings (SSSR count). The second-order valence-corrected chi connectivity index (χ2v) is 8.45. The van der Waals surface area contributed by atoms with E-state index >= 15 is 0 Å². The van der Waals surface area contributed by atoms with E-state index in [4.69, 9.17) is 0 Å². The number of sulfonamides is 1. The molecule has 130 valence electrons. The Kier molecular flexibility index (Phi) is 6.47. The molecule has 0 atom stereocenters. The molecular weight excluding hydrogens is 351 g/mol. The highest BCUT2D eigenvalue weighted by Gasteiger charge is 2.21. The van der Waals surface area contributed by atoms with Crippen LogP contribution in [0.3, 0.4) is 0 Å². The first-order valence-electron chi connectivity index (χ1n) is 7.41. The Morgan fingerprint density at radius 2 is 2.00 bits per heavy atom. The molecule has 1 heterocycles. The summed E-state index contributed by atoms with van der Waals surface area (Å²) >= 11 is 1.16. The summed E-state index contributed by atoms with van der Waals surface area (Å²) in [6, 6.07) is 9.47. The molecule has 0 aliphatic rings. The molecule has 0 spiro atoms. The number of nitrogens with zero attached hydrogens (tertiary/aromatic N) is 1. The molecule has 1 N–H and O–H groups in total. The lowest BCUT2D eigenvalue weighted by atomic mass is 10.2. The van der Waals surface area contributed by atoms with E-state index in [0.717, 1.165) is 11.3 Å². The van der Waals surface area contributed by atoms with Gasteiger partial charge in [0.1, 0.15) is 10.0 Å². The molecule has 5 nitrogen and oxygen atoms in total. The Morgan fingerprint density at radius 3 is 2.67 bits per heavy atom. The standard InChI is InChI=1S/C16H19FN2O3S2/c1-19(24(21,22)16-9-5-11-23-16)10-4-8-15(20)18-12-13-6-2-3-7-14(13)17/h2-3,5-7,9,11H,4,8,10,12H2,1H3,(H,18,20). The van der Waals surface area contributed by atoms with Crippen LogP contribution in [0.5, 0.6) is 0 Å². The van der Waals surface area contributed by atoms with Crippen LogP contribution in [0.1, 0.15) is 18.4 Å². The van der Waals surface area contributed by atoms with Crippen LogP contribution in [0, 0.1) is 5.82 Å². The minimum atomic E-state index is -3.48. The first-order valence-corrected chi connectivity index (χ1v) is 9.73. The van der Waals surface area contributed by atoms with Crippen molar-refractivity contribution >= 4 is 27.3 Å². The van der Waals surface area contributed by atoms with Crippen molar-refractivity contribution in [2.75, 3.05) is 13.6 Å². The average Bonchev–Trinajstić information content (AvgIpc) is 3.09. The zero-order valence-corrected chi connectivity index (χ0v) is 14.9. The van der Waals surface area contributed by atoms with Gasteiger partial charge in [0, 0.05) is 32.1 Å². The van der Waals surface area contributed by atoms with Crippen LogP contribution < -0.4 is 5.32 Å². The number of benzene rings is 1. The summed E-state index contributed by atoms with van der Waals surface area (Å²) in [7, 11) is -1.99. The molecule has 24 heavy (non-hydrogen) atoms. The fourth-order valence-corrected chi connectivity index (χ4v) is 4.48. The summed E-state index contributed by atoms with van der Waals surface area (Å²) in [4.78, 5) is 11.8. The molecule has 1 aromatic heterocycles. The third-order valence-corrected chi connectivity index (χ3v) is 6.70. The van der Waals surface area contributed by atoms with Crippen LogP contribution in [-0.4, -0.2) is 32.2 Å². The van der Waals surface area contributed by atoms with Crippen molar-refractivity contribution in [3.63, 3.8) is 0 Å². The van der Waals surface area contributed by atoms with E-state index in [1.165, 1.54) is 17.4 Å². The maximum absolute atomic E-state index is 13.4. The molecular formula is C16H19FN2O3S2. The van der Waals surface area contributed by atoms with E-state index in [1.807, 2.05) is 0 Å². The van der Waals surface area contributed by atoms with Crippen LogP contribution in [0.4, 0.5) is 4.39 Å². The van der Waals surface area contributed by atoms with Gasteiger partial charge in [0.25, 0.3) is 10.0 Å². The molecule has 0 bridgehead atoms. The minimum absolute atomic E-state index is 0.120. The molecule has 0 aliphatic heterocycles. The molecule has 1 amide bonds. The number of amides is 1. The minimum Gasteiger partial charge on any atom is -0.352 e. The predicted octanol–water partition coefficient (Wildman–Crippen LogP) is 2.60. The summed E-state index contributed by atoms with van der Waals surface area (Å²) < 4.78 is 39.4. The summed E-state index contributed by atoms with van der Waals surface area (Å²) in [5, 5.41) is 4.34. The van der Waals surface area contributed by atoms with Gasteiger partial charge in [-0.3, -0.25) is 4.79 Å². The van der Waals surface area contributed by atoms with Gasteiger partial charge in [-0.05, 0) is 23.9 Å². The van der Waals surface area contributed by atoms with Crippen LogP contribution in [0.15, 0.2) is 46.0 Å². The largest absolute Gasteiger partial charge is 0.352 e. The number of hydrogen-bond acceptors (Lipinski definition) is 4. The Morgan fingerprint density at radius 1 is 1.25 bits per heavy atom. The second kappa shape index (κ2) is 8.36. The van der Waals surface area contributed by atoms with Gasteiger partial charge in [0.2, 0.25) is 5.91 Å². The summed E-state index contributed by atoms with van der Waals surface area (Å²) in [6.45, 7) is 0.363. The molecule has 0 aliphatic carbocycles. The molecule has 2 aromatic rings. The highest BCUT2D eigenvalue weighted by molar-refractivity contribution is 7.91. The molecule has 1 aromatic carbocycles. The van der Waals surface area contributed by atoms with Gasteiger partial charge in [0.05, 0.1) is 0 Å². The van der Waals surface area contributed by atoms with Crippen molar-refractivity contribution in [2.24, 2.45) is 0 Å². The van der Waals surface area contributed by atoms with Crippen LogP contribution in [0.2, 0.25) is 0 Å². The third kappa shape index (κ3) is 4.86. The van der Waals surface area contributed by atoms with E-state index < -0.39 is 10.0 Å². The first-order chi connectivity index (χ1) is 11.4. The highest BCUT2D eigenvalue weighted by Crippen LogP contribution is 2.19. The van der Waals surface area contributed by atoms with Gasteiger partial charge in [-0.25, -0.2) is 17.1 Å². The van der Waals surface area contributed by atoms with E-state index in [9.17, 15) is 17.6 Å². The number of nitrogens with one attached hydrogen (secondary N) is 1. The summed E-state index contributed by atoms with van der Waals surface area (Å²) in [6.07, 6.45) is 0.572. The van der Waals surface area contributed by atoms with Gasteiger partial charge in [-0.15, -0.1) is 11.3 Å². The lowest BCUT2D eigenvalue weighted by Gasteiger charge is -2.15. The maximum Gasteiger partial charge on any atom is 0.252 e. The Balaban J connectivity index is 1.75. The zero-order valence-electron chi connectivity index (χ0n) is 13.2. The van der Waals surface area contributed by atoms with Gasteiger partial charge < -0.3 is 5.32 Å². The lowest BCUT2D eigenvalue weighted by molar-refractivity contribution is -0.121. The molecule has 0 fully saturated rings. The van der Waals surface area contributed by atoms with Crippen LogP contribution in [-0.2, 0) is 21.4 Å². The normalized spacial score (nSPS) is 11.6.